The Morgan fingerprint density at radius 3 is 1.93 bits per heavy atom. The third-order valence-corrected chi connectivity index (χ3v) is 9.43. The Balaban J connectivity index is 1.10. The summed E-state index contributed by atoms with van der Waals surface area (Å²) in [7, 11) is 0. The molecule has 294 valence electrons. The number of anilines is 1. The van der Waals surface area contributed by atoms with Crippen LogP contribution in [0, 0.1) is 51.0 Å². The average Bonchev–Trinajstić information content (AvgIpc) is 3.21. The summed E-state index contributed by atoms with van der Waals surface area (Å²) in [6.45, 7) is 3.58. The Labute approximate surface area is 317 Å². The van der Waals surface area contributed by atoms with E-state index in [4.69, 9.17) is 10.5 Å². The van der Waals surface area contributed by atoms with Gasteiger partial charge in [0.15, 0.2) is 29.1 Å². The monoisotopic (exact) mass is 780 g/mol. The first-order valence-electron chi connectivity index (χ1n) is 17.7. The molecule has 0 aromatic heterocycles. The van der Waals surface area contributed by atoms with E-state index in [9.17, 15) is 46.5 Å². The molecule has 4 aromatic rings. The number of benzene rings is 4. The highest BCUT2D eigenvalue weighted by Crippen LogP contribution is 2.35. The SMILES string of the molecule is CCN(CCOc1ccc(C[C@H](N)C(=O)NC(=O)[C@@H]2CCCC[C@H]2C(=O)c2c(F)c(F)c(F)c(F)c2F)cc1)c1ccc(N=Nc2ccc([N+](=O)[O-])cc2)cc1. The fourth-order valence-electron chi connectivity index (χ4n) is 6.37. The second-order valence-electron chi connectivity index (χ2n) is 13.0. The Bertz CT molecular complexity index is 2070. The summed E-state index contributed by atoms with van der Waals surface area (Å²) in [5, 5.41) is 21.3. The molecule has 0 aliphatic heterocycles. The van der Waals surface area contributed by atoms with Crippen LogP contribution in [0.2, 0.25) is 0 Å². The number of rotatable bonds is 15. The summed E-state index contributed by atoms with van der Waals surface area (Å²) in [6.07, 6.45) is 0.795. The number of imide groups is 1. The molecule has 17 heteroatoms. The first-order chi connectivity index (χ1) is 26.8. The maximum absolute atomic E-state index is 14.4. The van der Waals surface area contributed by atoms with Crippen molar-refractivity contribution in [1.29, 1.82) is 0 Å². The van der Waals surface area contributed by atoms with E-state index in [0.717, 1.165) is 5.69 Å². The summed E-state index contributed by atoms with van der Waals surface area (Å²) >= 11 is 0. The third-order valence-electron chi connectivity index (χ3n) is 9.43. The molecule has 4 aromatic carbocycles. The highest BCUT2D eigenvalue weighted by Gasteiger charge is 2.41. The van der Waals surface area contributed by atoms with Gasteiger partial charge in [0.1, 0.15) is 12.4 Å². The van der Waals surface area contributed by atoms with Crippen LogP contribution in [0.3, 0.4) is 0 Å². The number of nitrogens with one attached hydrogen (secondary N) is 1. The molecule has 56 heavy (non-hydrogen) atoms. The van der Waals surface area contributed by atoms with Crippen LogP contribution in [0.4, 0.5) is 44.7 Å². The molecule has 0 unspecified atom stereocenters. The third kappa shape index (κ3) is 9.76. The number of carbonyl (C=O) groups is 3. The molecule has 1 saturated carbocycles. The lowest BCUT2D eigenvalue weighted by Crippen LogP contribution is -2.49. The van der Waals surface area contributed by atoms with Crippen molar-refractivity contribution in [3.05, 3.63) is 123 Å². The van der Waals surface area contributed by atoms with Crippen molar-refractivity contribution in [3.8, 4) is 5.75 Å². The van der Waals surface area contributed by atoms with Crippen LogP contribution in [0.1, 0.15) is 48.5 Å². The van der Waals surface area contributed by atoms with E-state index in [1.165, 1.54) is 24.3 Å². The van der Waals surface area contributed by atoms with Crippen LogP contribution < -0.4 is 20.7 Å². The van der Waals surface area contributed by atoms with Gasteiger partial charge >= 0.3 is 0 Å². The Morgan fingerprint density at radius 1 is 0.839 bits per heavy atom. The van der Waals surface area contributed by atoms with Gasteiger partial charge in [-0.3, -0.25) is 29.8 Å². The summed E-state index contributed by atoms with van der Waals surface area (Å²) in [6, 6.07) is 18.7. The number of carbonyl (C=O) groups excluding carboxylic acids is 3. The molecule has 0 saturated heterocycles. The number of amides is 2. The molecular weight excluding hydrogens is 743 g/mol. The molecule has 3 N–H and O–H groups in total. The van der Waals surface area contributed by atoms with E-state index in [1.807, 2.05) is 19.1 Å². The number of nitro benzene ring substituents is 1. The maximum Gasteiger partial charge on any atom is 0.269 e. The van der Waals surface area contributed by atoms with Crippen LogP contribution in [0.25, 0.3) is 0 Å². The number of ether oxygens (including phenoxy) is 1. The van der Waals surface area contributed by atoms with Crippen molar-refractivity contribution in [2.24, 2.45) is 27.8 Å². The van der Waals surface area contributed by atoms with E-state index in [-0.39, 0.29) is 24.9 Å². The zero-order valence-corrected chi connectivity index (χ0v) is 30.0. The quantitative estimate of drug-likeness (QED) is 0.0234. The largest absolute Gasteiger partial charge is 0.492 e. The Hall–Kier alpha value is -6.10. The number of nitrogens with two attached hydrogens (primary N) is 1. The van der Waals surface area contributed by atoms with E-state index >= 15 is 0 Å². The van der Waals surface area contributed by atoms with Gasteiger partial charge in [0.2, 0.25) is 17.6 Å². The topological polar surface area (TPSA) is 170 Å². The summed E-state index contributed by atoms with van der Waals surface area (Å²) in [5.74, 6) is -16.8. The van der Waals surface area contributed by atoms with Gasteiger partial charge in [-0.05, 0) is 80.3 Å². The fraction of sp³-hybridized carbons (Fsp3) is 0.308. The number of halogens is 5. The lowest BCUT2D eigenvalue weighted by molar-refractivity contribution is -0.384. The minimum absolute atomic E-state index is 0.0179. The predicted molar refractivity (Wildman–Crippen MR) is 194 cm³/mol. The van der Waals surface area contributed by atoms with Gasteiger partial charge in [-0.15, -0.1) is 0 Å². The number of azo groups is 1. The summed E-state index contributed by atoms with van der Waals surface area (Å²) in [4.78, 5) is 51.5. The number of hydrogen-bond acceptors (Lipinski definition) is 10. The van der Waals surface area contributed by atoms with Gasteiger partial charge in [-0.2, -0.15) is 10.2 Å². The second-order valence-corrected chi connectivity index (χ2v) is 13.0. The molecule has 12 nitrogen and oxygen atoms in total. The Kier molecular flexibility index (Phi) is 13.6. The number of nitrogens with zero attached hydrogens (tertiary/aromatic N) is 4. The van der Waals surface area contributed by atoms with Crippen molar-refractivity contribution < 1.29 is 46.0 Å². The van der Waals surface area contributed by atoms with Gasteiger partial charge in [-0.25, -0.2) is 22.0 Å². The first kappa shape index (κ1) is 41.1. The molecule has 2 amide bonds. The van der Waals surface area contributed by atoms with Gasteiger partial charge in [0.25, 0.3) is 5.69 Å². The zero-order valence-electron chi connectivity index (χ0n) is 30.0. The van der Waals surface area contributed by atoms with Crippen LogP contribution in [-0.4, -0.2) is 48.3 Å². The van der Waals surface area contributed by atoms with E-state index in [0.29, 0.717) is 55.2 Å². The molecule has 0 heterocycles. The lowest BCUT2D eigenvalue weighted by atomic mass is 9.74. The minimum atomic E-state index is -2.40. The zero-order chi connectivity index (χ0) is 40.5. The second kappa shape index (κ2) is 18.5. The molecular formula is C39H37F5N6O6. The molecule has 0 bridgehead atoms. The lowest BCUT2D eigenvalue weighted by Gasteiger charge is -2.29. The normalized spacial score (nSPS) is 16.0. The molecule has 1 fully saturated rings. The van der Waals surface area contributed by atoms with Gasteiger partial charge in [-0.1, -0.05) is 25.0 Å². The molecule has 5 rings (SSSR count). The van der Waals surface area contributed by atoms with Crippen molar-refractivity contribution in [1.82, 2.24) is 5.32 Å². The predicted octanol–water partition coefficient (Wildman–Crippen LogP) is 7.81. The van der Waals surface area contributed by atoms with Gasteiger partial charge in [0, 0.05) is 36.2 Å². The van der Waals surface area contributed by atoms with Crippen LogP contribution in [-0.2, 0) is 16.0 Å². The number of hydrogen-bond donors (Lipinski definition) is 2. The van der Waals surface area contributed by atoms with E-state index in [1.54, 1.807) is 36.4 Å². The highest BCUT2D eigenvalue weighted by molar-refractivity contribution is 6.04. The standard InChI is InChI=1S/C39H37F5N6O6/c1-2-49(25-13-9-23(10-14-25)47-48-24-11-15-26(16-12-24)50(54)55)19-20-56-27-17-7-22(8-18-27)21-30(45)39(53)46-38(52)29-6-4-3-5-28(29)37(51)31-32(40)34(42)36(44)35(43)33(31)41/h7-18,28-30H,2-6,19-21,45H2,1H3,(H,46,52,53)/t28-,29-,30+/m1/s1. The van der Waals surface area contributed by atoms with Crippen molar-refractivity contribution in [3.63, 3.8) is 0 Å². The van der Waals surface area contributed by atoms with Crippen molar-refractivity contribution in [2.75, 3.05) is 24.6 Å². The number of nitro groups is 1. The summed E-state index contributed by atoms with van der Waals surface area (Å²) in [5.41, 5.74) is 7.08. The molecule has 3 atom stereocenters. The molecule has 0 radical (unpaired) electrons. The van der Waals surface area contributed by atoms with Crippen LogP contribution in [0.5, 0.6) is 5.75 Å². The Morgan fingerprint density at radius 2 is 1.38 bits per heavy atom. The first-order valence-corrected chi connectivity index (χ1v) is 17.7. The van der Waals surface area contributed by atoms with Crippen molar-refractivity contribution in [2.45, 2.75) is 45.1 Å². The van der Waals surface area contributed by atoms with Crippen LogP contribution >= 0.6 is 0 Å². The maximum atomic E-state index is 14.4. The van der Waals surface area contributed by atoms with Gasteiger partial charge < -0.3 is 15.4 Å². The number of non-ortho nitro benzene ring substituents is 1. The van der Waals surface area contributed by atoms with E-state index < -0.39 is 75.0 Å². The minimum Gasteiger partial charge on any atom is -0.492 e. The van der Waals surface area contributed by atoms with Crippen molar-refractivity contribution >= 4 is 40.3 Å². The van der Waals surface area contributed by atoms with E-state index in [2.05, 4.69) is 20.4 Å². The summed E-state index contributed by atoms with van der Waals surface area (Å²) < 4.78 is 75.9. The van der Waals surface area contributed by atoms with Crippen LogP contribution in [0.15, 0.2) is 83.0 Å². The average molecular weight is 781 g/mol. The molecule has 1 aliphatic rings. The molecule has 0 spiro atoms. The number of Topliss-reactive ketones (excluding diaryl/α,β-unsaturated/α-hetero) is 1. The molecule has 1 aliphatic carbocycles. The smallest absolute Gasteiger partial charge is 0.269 e. The number of ketones is 1. The number of likely N-dealkylation sites (N-methyl/N-ethyl adjacent to an activating group) is 1. The highest BCUT2D eigenvalue weighted by atomic mass is 19.2. The van der Waals surface area contributed by atoms with Gasteiger partial charge in [0.05, 0.1) is 34.4 Å². The fourth-order valence-corrected chi connectivity index (χ4v) is 6.37.